The second-order valence-corrected chi connectivity index (χ2v) is 5.45. The van der Waals surface area contributed by atoms with E-state index >= 15 is 0 Å². The van der Waals surface area contributed by atoms with E-state index in [1.54, 1.807) is 42.5 Å². The quantitative estimate of drug-likeness (QED) is 0.588. The van der Waals surface area contributed by atoms with E-state index in [9.17, 15) is 8.42 Å². The van der Waals surface area contributed by atoms with Crippen LogP contribution in [0.3, 0.4) is 0 Å². The Morgan fingerprint density at radius 1 is 1.05 bits per heavy atom. The van der Waals surface area contributed by atoms with Gasteiger partial charge in [-0.15, -0.1) is 0 Å². The Morgan fingerprint density at radius 3 is 2.32 bits per heavy atom. The van der Waals surface area contributed by atoms with Crippen molar-refractivity contribution in [2.24, 2.45) is 0 Å². The highest BCUT2D eigenvalue weighted by molar-refractivity contribution is 7.85. The fourth-order valence-electron chi connectivity index (χ4n) is 1.70. The summed E-state index contributed by atoms with van der Waals surface area (Å²) in [6, 6.07) is 13.4. The summed E-state index contributed by atoms with van der Waals surface area (Å²) in [4.78, 5) is -0.0852. The second-order valence-electron chi connectivity index (χ2n) is 4.06. The molecule has 0 aliphatic carbocycles. The van der Waals surface area contributed by atoms with Gasteiger partial charge in [0.05, 0.1) is 4.90 Å². The Bertz CT molecular complexity index is 667. The van der Waals surface area contributed by atoms with Gasteiger partial charge in [0.15, 0.2) is 0 Å². The third kappa shape index (κ3) is 3.46. The minimum atomic E-state index is -4.20. The smallest absolute Gasteiger partial charge is 0.294 e. The topological polar surface area (TPSA) is 92.4 Å². The molecule has 0 unspecified atom stereocenters. The number of nitrogens with one attached hydrogen (secondary N) is 1. The average Bonchev–Trinajstić information content (AvgIpc) is 2.37. The van der Waals surface area contributed by atoms with Crippen LogP contribution in [-0.4, -0.2) is 13.0 Å². The molecule has 0 saturated carbocycles. The first kappa shape index (κ1) is 13.4. The molecule has 0 aromatic heterocycles. The number of hydrogen-bond donors (Lipinski definition) is 3. The molecule has 0 radical (unpaired) electrons. The molecule has 2 aromatic rings. The van der Waals surface area contributed by atoms with Crippen LogP contribution in [0.1, 0.15) is 5.56 Å². The van der Waals surface area contributed by atoms with Crippen LogP contribution < -0.4 is 11.1 Å². The molecule has 19 heavy (non-hydrogen) atoms. The number of hydrogen-bond acceptors (Lipinski definition) is 4. The summed E-state index contributed by atoms with van der Waals surface area (Å²) >= 11 is 0. The van der Waals surface area contributed by atoms with Crippen LogP contribution >= 0.6 is 0 Å². The highest BCUT2D eigenvalue weighted by atomic mass is 32.2. The number of anilines is 2. The van der Waals surface area contributed by atoms with Crippen molar-refractivity contribution in [2.75, 3.05) is 11.1 Å². The second kappa shape index (κ2) is 5.29. The molecule has 2 aromatic carbocycles. The lowest BCUT2D eigenvalue weighted by Gasteiger charge is -2.09. The van der Waals surface area contributed by atoms with E-state index in [1.807, 2.05) is 0 Å². The number of nitrogen functional groups attached to an aromatic ring is 1. The first-order chi connectivity index (χ1) is 8.97. The summed E-state index contributed by atoms with van der Waals surface area (Å²) < 4.78 is 31.6. The molecule has 100 valence electrons. The van der Waals surface area contributed by atoms with Gasteiger partial charge in [-0.1, -0.05) is 18.2 Å². The molecule has 0 heterocycles. The molecule has 4 N–H and O–H groups in total. The van der Waals surface area contributed by atoms with Crippen molar-refractivity contribution in [2.45, 2.75) is 11.4 Å². The lowest BCUT2D eigenvalue weighted by Crippen LogP contribution is -2.07. The van der Waals surface area contributed by atoms with Crippen molar-refractivity contribution >= 4 is 21.5 Å². The normalized spacial score (nSPS) is 11.2. The zero-order valence-electron chi connectivity index (χ0n) is 10.1. The van der Waals surface area contributed by atoms with Crippen molar-refractivity contribution in [1.82, 2.24) is 0 Å². The molecule has 0 saturated heterocycles. The minimum absolute atomic E-state index is 0.0852. The average molecular weight is 278 g/mol. The Morgan fingerprint density at radius 2 is 1.68 bits per heavy atom. The van der Waals surface area contributed by atoms with Crippen LogP contribution in [0.2, 0.25) is 0 Å². The first-order valence-corrected chi connectivity index (χ1v) is 7.05. The maximum Gasteiger partial charge on any atom is 0.294 e. The largest absolute Gasteiger partial charge is 0.399 e. The molecule has 0 aliphatic heterocycles. The maximum absolute atomic E-state index is 11.2. The number of benzene rings is 2. The standard InChI is InChI=1S/C13H14N2O3S/c14-11-5-7-12(8-6-11)15-9-10-3-1-2-4-13(10)19(16,17)18/h1-8,15H,9,14H2,(H,16,17,18). The summed E-state index contributed by atoms with van der Waals surface area (Å²) in [6.45, 7) is 0.292. The van der Waals surface area contributed by atoms with E-state index in [2.05, 4.69) is 5.32 Å². The molecular formula is C13H14N2O3S. The molecule has 0 bridgehead atoms. The maximum atomic E-state index is 11.2. The lowest BCUT2D eigenvalue weighted by molar-refractivity contribution is 0.482. The van der Waals surface area contributed by atoms with Crippen LogP contribution in [0.15, 0.2) is 53.4 Å². The van der Waals surface area contributed by atoms with Crippen molar-refractivity contribution in [3.63, 3.8) is 0 Å². The summed E-state index contributed by atoms with van der Waals surface area (Å²) in [5.74, 6) is 0. The van der Waals surface area contributed by atoms with Crippen molar-refractivity contribution in [3.05, 3.63) is 54.1 Å². The molecule has 5 nitrogen and oxygen atoms in total. The first-order valence-electron chi connectivity index (χ1n) is 5.61. The van der Waals surface area contributed by atoms with Gasteiger partial charge in [-0.05, 0) is 35.9 Å². The molecule has 0 atom stereocenters. The lowest BCUT2D eigenvalue weighted by atomic mass is 10.2. The van der Waals surface area contributed by atoms with Gasteiger partial charge >= 0.3 is 0 Å². The van der Waals surface area contributed by atoms with Gasteiger partial charge in [0.2, 0.25) is 0 Å². The van der Waals surface area contributed by atoms with E-state index in [4.69, 9.17) is 10.3 Å². The number of rotatable bonds is 4. The van der Waals surface area contributed by atoms with Crippen LogP contribution in [0.25, 0.3) is 0 Å². The SMILES string of the molecule is Nc1ccc(NCc2ccccc2S(=O)(=O)O)cc1. The Kier molecular flexibility index (Phi) is 3.73. The summed E-state index contributed by atoms with van der Waals surface area (Å²) in [6.07, 6.45) is 0. The summed E-state index contributed by atoms with van der Waals surface area (Å²) in [7, 11) is -4.20. The molecule has 2 rings (SSSR count). The van der Waals surface area contributed by atoms with E-state index in [1.165, 1.54) is 6.07 Å². The van der Waals surface area contributed by atoms with Crippen LogP contribution in [-0.2, 0) is 16.7 Å². The van der Waals surface area contributed by atoms with Gasteiger partial charge in [0.1, 0.15) is 0 Å². The van der Waals surface area contributed by atoms with Crippen LogP contribution in [0.5, 0.6) is 0 Å². The highest BCUT2D eigenvalue weighted by Crippen LogP contribution is 2.17. The third-order valence-corrected chi connectivity index (χ3v) is 3.60. The third-order valence-electron chi connectivity index (χ3n) is 2.64. The van der Waals surface area contributed by atoms with Gasteiger partial charge < -0.3 is 11.1 Å². The van der Waals surface area contributed by atoms with E-state index in [0.29, 0.717) is 17.8 Å². The van der Waals surface area contributed by atoms with Crippen molar-refractivity contribution < 1.29 is 13.0 Å². The van der Waals surface area contributed by atoms with Crippen LogP contribution in [0, 0.1) is 0 Å². The van der Waals surface area contributed by atoms with E-state index < -0.39 is 10.1 Å². The molecule has 0 aliphatic rings. The number of nitrogens with two attached hydrogens (primary N) is 1. The van der Waals surface area contributed by atoms with Crippen molar-refractivity contribution in [1.29, 1.82) is 0 Å². The Labute approximate surface area is 111 Å². The zero-order valence-corrected chi connectivity index (χ0v) is 10.9. The van der Waals surface area contributed by atoms with Gasteiger partial charge in [0, 0.05) is 17.9 Å². The summed E-state index contributed by atoms with van der Waals surface area (Å²) in [5, 5.41) is 3.07. The Hall–Kier alpha value is -2.05. The molecule has 6 heteroatoms. The predicted molar refractivity (Wildman–Crippen MR) is 74.4 cm³/mol. The fraction of sp³-hybridized carbons (Fsp3) is 0.0769. The molecular weight excluding hydrogens is 264 g/mol. The Balaban J connectivity index is 2.18. The molecule has 0 spiro atoms. The highest BCUT2D eigenvalue weighted by Gasteiger charge is 2.13. The summed E-state index contributed by atoms with van der Waals surface area (Å²) in [5.41, 5.74) is 7.55. The van der Waals surface area contributed by atoms with Crippen LogP contribution in [0.4, 0.5) is 11.4 Å². The predicted octanol–water partition coefficient (Wildman–Crippen LogP) is 2.13. The van der Waals surface area contributed by atoms with E-state index in [0.717, 1.165) is 5.69 Å². The zero-order chi connectivity index (χ0) is 13.9. The monoisotopic (exact) mass is 278 g/mol. The van der Waals surface area contributed by atoms with Gasteiger partial charge in [0.25, 0.3) is 10.1 Å². The molecule has 0 fully saturated rings. The van der Waals surface area contributed by atoms with Gasteiger partial charge in [-0.25, -0.2) is 0 Å². The minimum Gasteiger partial charge on any atom is -0.399 e. The van der Waals surface area contributed by atoms with Gasteiger partial charge in [-0.3, -0.25) is 4.55 Å². The fourth-order valence-corrected chi connectivity index (χ4v) is 2.42. The molecule has 0 amide bonds. The van der Waals surface area contributed by atoms with Gasteiger partial charge in [-0.2, -0.15) is 8.42 Å². The van der Waals surface area contributed by atoms with Crippen molar-refractivity contribution in [3.8, 4) is 0 Å². The van der Waals surface area contributed by atoms with E-state index in [-0.39, 0.29) is 4.90 Å².